The summed E-state index contributed by atoms with van der Waals surface area (Å²) < 4.78 is 1.04. The summed E-state index contributed by atoms with van der Waals surface area (Å²) in [6, 6.07) is 0. The van der Waals surface area contributed by atoms with E-state index in [2.05, 4.69) is 0 Å². The van der Waals surface area contributed by atoms with Gasteiger partial charge in [-0.3, -0.25) is 14.3 Å². The highest BCUT2D eigenvalue weighted by atomic mass is 35.5. The molecule has 0 spiro atoms. The third-order valence-electron chi connectivity index (χ3n) is 2.72. The number of H-pyrrole nitrogens is 1. The summed E-state index contributed by atoms with van der Waals surface area (Å²) in [5, 5.41) is 26.9. The van der Waals surface area contributed by atoms with Crippen molar-refractivity contribution in [2.45, 2.75) is 22.8 Å². The second-order valence-electron chi connectivity index (χ2n) is 3.87. The van der Waals surface area contributed by atoms with Gasteiger partial charge in [0.25, 0.3) is 5.56 Å². The number of aromatic nitrogens is 2. The number of aliphatic hydroxyl groups excluding tert-OH is 3. The van der Waals surface area contributed by atoms with Gasteiger partial charge in [-0.1, -0.05) is 11.6 Å². The number of nitrogens with one attached hydrogen (secondary N) is 1. The van der Waals surface area contributed by atoms with E-state index in [1.165, 1.54) is 0 Å². The number of hydrogen-bond donors (Lipinski definition) is 4. The Balaban J connectivity index is 2.42. The van der Waals surface area contributed by atoms with Crippen LogP contribution in [0.25, 0.3) is 0 Å². The fraction of sp³-hybridized carbons (Fsp3) is 0.556. The Morgan fingerprint density at radius 3 is 2.61 bits per heavy atom. The maximum atomic E-state index is 11.6. The fourth-order valence-electron chi connectivity index (χ4n) is 1.76. The van der Waals surface area contributed by atoms with E-state index in [0.717, 1.165) is 22.5 Å². The molecule has 2 heterocycles. The number of aliphatic hydroxyl groups is 3. The number of halogens is 1. The van der Waals surface area contributed by atoms with Gasteiger partial charge >= 0.3 is 5.69 Å². The molecule has 0 aromatic carbocycles. The molecule has 0 bridgehead atoms. The van der Waals surface area contributed by atoms with Gasteiger partial charge in [0.1, 0.15) is 16.5 Å². The second-order valence-corrected chi connectivity index (χ2v) is 5.64. The summed E-state index contributed by atoms with van der Waals surface area (Å²) >= 11 is 6.65. The first-order chi connectivity index (χ1) is 8.45. The van der Waals surface area contributed by atoms with Crippen LogP contribution in [0.4, 0.5) is 0 Å². The molecule has 2 unspecified atom stereocenters. The molecule has 0 saturated carbocycles. The number of nitrogens with zero attached hydrogens (tertiary/aromatic N) is 1. The smallest absolute Gasteiger partial charge is 0.329 e. The Bertz CT molecular complexity index is 559. The lowest BCUT2D eigenvalue weighted by molar-refractivity contribution is 0.0101. The van der Waals surface area contributed by atoms with Gasteiger partial charge in [0.15, 0.2) is 0 Å². The van der Waals surface area contributed by atoms with E-state index in [4.69, 9.17) is 16.7 Å². The normalized spacial score (nSPS) is 31.8. The Kier molecular flexibility index (Phi) is 3.83. The minimum atomic E-state index is -1.23. The Labute approximate surface area is 110 Å². The molecule has 1 saturated heterocycles. The zero-order valence-corrected chi connectivity index (χ0v) is 10.6. The van der Waals surface area contributed by atoms with Gasteiger partial charge < -0.3 is 15.3 Å². The lowest BCUT2D eigenvalue weighted by atomic mass is 10.1. The van der Waals surface area contributed by atoms with Crippen LogP contribution in [0.15, 0.2) is 15.8 Å². The molecular weight excluding hydrogens is 284 g/mol. The van der Waals surface area contributed by atoms with Crippen molar-refractivity contribution in [2.75, 3.05) is 6.61 Å². The number of hydrogen-bond acceptors (Lipinski definition) is 6. The van der Waals surface area contributed by atoms with Crippen molar-refractivity contribution < 1.29 is 15.3 Å². The molecule has 1 aromatic heterocycles. The third kappa shape index (κ3) is 2.21. The maximum absolute atomic E-state index is 11.6. The molecule has 1 aliphatic rings. The lowest BCUT2D eigenvalue weighted by Crippen LogP contribution is -2.37. The van der Waals surface area contributed by atoms with E-state index in [1.54, 1.807) is 0 Å². The average molecular weight is 295 g/mol. The summed E-state index contributed by atoms with van der Waals surface area (Å²) in [7, 11) is 0. The van der Waals surface area contributed by atoms with Crippen molar-refractivity contribution in [2.24, 2.45) is 0 Å². The highest BCUT2D eigenvalue weighted by molar-refractivity contribution is 8.00. The van der Waals surface area contributed by atoms with Crippen LogP contribution in [-0.4, -0.2) is 48.9 Å². The first kappa shape index (κ1) is 13.6. The molecule has 7 nitrogen and oxygen atoms in total. The highest BCUT2D eigenvalue weighted by Crippen LogP contribution is 2.40. The third-order valence-corrected chi connectivity index (χ3v) is 4.55. The van der Waals surface area contributed by atoms with Crippen LogP contribution < -0.4 is 11.2 Å². The van der Waals surface area contributed by atoms with Crippen LogP contribution in [0.2, 0.25) is 5.02 Å². The quantitative estimate of drug-likeness (QED) is 0.529. The highest BCUT2D eigenvalue weighted by Gasteiger charge is 2.43. The van der Waals surface area contributed by atoms with Gasteiger partial charge in [-0.15, -0.1) is 11.8 Å². The minimum Gasteiger partial charge on any atom is -0.395 e. The summed E-state index contributed by atoms with van der Waals surface area (Å²) in [4.78, 5) is 24.7. The molecular formula is C9H11ClN2O5S. The maximum Gasteiger partial charge on any atom is 0.329 e. The molecule has 1 aromatic rings. The summed E-state index contributed by atoms with van der Waals surface area (Å²) in [5.41, 5.74) is -1.44. The largest absolute Gasteiger partial charge is 0.395 e. The predicted octanol–water partition coefficient (Wildman–Crippen LogP) is -1.48. The SMILES string of the molecule is O=c1[nH]c(=O)n([C@@H]2S[C@@H](CO)C(O)C2O)cc1Cl. The van der Waals surface area contributed by atoms with Crippen molar-refractivity contribution in [1.29, 1.82) is 0 Å². The van der Waals surface area contributed by atoms with Gasteiger partial charge in [-0.2, -0.15) is 0 Å². The van der Waals surface area contributed by atoms with Crippen LogP contribution in [0, 0.1) is 0 Å². The van der Waals surface area contributed by atoms with E-state index in [9.17, 15) is 19.8 Å². The molecule has 0 aliphatic carbocycles. The number of aromatic amines is 1. The molecule has 100 valence electrons. The minimum absolute atomic E-state index is 0.190. The van der Waals surface area contributed by atoms with Crippen molar-refractivity contribution in [3.63, 3.8) is 0 Å². The zero-order chi connectivity index (χ0) is 13.4. The molecule has 4 atom stereocenters. The van der Waals surface area contributed by atoms with Crippen molar-refractivity contribution >= 4 is 23.4 Å². The Morgan fingerprint density at radius 2 is 2.06 bits per heavy atom. The number of rotatable bonds is 2. The van der Waals surface area contributed by atoms with Crippen LogP contribution in [0.5, 0.6) is 0 Å². The average Bonchev–Trinajstić information content (AvgIpc) is 2.61. The molecule has 0 radical (unpaired) electrons. The first-order valence-corrected chi connectivity index (χ1v) is 6.41. The summed E-state index contributed by atoms with van der Waals surface area (Å²) in [6.45, 7) is -0.328. The summed E-state index contributed by atoms with van der Waals surface area (Å²) in [5.74, 6) is 0. The Hall–Kier alpha value is -0.800. The van der Waals surface area contributed by atoms with Gasteiger partial charge in [0.2, 0.25) is 0 Å². The van der Waals surface area contributed by atoms with E-state index in [0.29, 0.717) is 0 Å². The van der Waals surface area contributed by atoms with E-state index in [-0.39, 0.29) is 11.6 Å². The van der Waals surface area contributed by atoms with E-state index in [1.807, 2.05) is 4.98 Å². The predicted molar refractivity (Wildman–Crippen MR) is 65.8 cm³/mol. The van der Waals surface area contributed by atoms with Crippen molar-refractivity contribution in [3.05, 3.63) is 32.1 Å². The first-order valence-electron chi connectivity index (χ1n) is 5.09. The summed E-state index contributed by atoms with van der Waals surface area (Å²) in [6.07, 6.45) is -1.27. The van der Waals surface area contributed by atoms with Gasteiger partial charge in [0.05, 0.1) is 18.0 Å². The molecule has 0 amide bonds. The molecule has 4 N–H and O–H groups in total. The van der Waals surface area contributed by atoms with Crippen molar-refractivity contribution in [3.8, 4) is 0 Å². The van der Waals surface area contributed by atoms with Crippen LogP contribution in [-0.2, 0) is 0 Å². The van der Waals surface area contributed by atoms with Crippen LogP contribution in [0.1, 0.15) is 5.37 Å². The molecule has 18 heavy (non-hydrogen) atoms. The lowest BCUT2D eigenvalue weighted by Gasteiger charge is -2.17. The zero-order valence-electron chi connectivity index (χ0n) is 8.99. The van der Waals surface area contributed by atoms with Crippen molar-refractivity contribution in [1.82, 2.24) is 9.55 Å². The topological polar surface area (TPSA) is 116 Å². The Morgan fingerprint density at radius 1 is 1.39 bits per heavy atom. The molecule has 9 heteroatoms. The second kappa shape index (κ2) is 5.06. The molecule has 1 aliphatic heterocycles. The monoisotopic (exact) mass is 294 g/mol. The van der Waals surface area contributed by atoms with Crippen LogP contribution >= 0.6 is 23.4 Å². The fourth-order valence-corrected chi connectivity index (χ4v) is 3.29. The molecule has 1 fully saturated rings. The van der Waals surface area contributed by atoms with Gasteiger partial charge in [-0.25, -0.2) is 4.79 Å². The van der Waals surface area contributed by atoms with Gasteiger partial charge in [-0.05, 0) is 0 Å². The van der Waals surface area contributed by atoms with Crippen LogP contribution in [0.3, 0.4) is 0 Å². The van der Waals surface area contributed by atoms with Gasteiger partial charge in [0, 0.05) is 6.20 Å². The van der Waals surface area contributed by atoms with E-state index < -0.39 is 34.1 Å². The number of thioether (sulfide) groups is 1. The standard InChI is InChI=1S/C9H11ClN2O5S/c10-3-1-12(9(17)11-7(3)16)8-6(15)5(14)4(2-13)18-8/h1,4-6,8,13-15H,2H2,(H,11,16,17)/t4-,5?,6?,8+/m0/s1. The van der Waals surface area contributed by atoms with E-state index >= 15 is 0 Å². The molecule has 2 rings (SSSR count).